The van der Waals surface area contributed by atoms with Crippen LogP contribution in [-0.4, -0.2) is 19.0 Å². The molecule has 0 N–H and O–H groups in total. The van der Waals surface area contributed by atoms with E-state index in [1.54, 1.807) is 0 Å². The van der Waals surface area contributed by atoms with Crippen LogP contribution < -0.4 is 0 Å². The Morgan fingerprint density at radius 1 is 1.33 bits per heavy atom. The van der Waals surface area contributed by atoms with E-state index in [2.05, 4.69) is 4.52 Å². The van der Waals surface area contributed by atoms with Gasteiger partial charge in [0.05, 0.1) is 0 Å². The first-order valence-corrected chi connectivity index (χ1v) is 3.85. The lowest BCUT2D eigenvalue weighted by Gasteiger charge is -2.13. The fraction of sp³-hybridized carbons (Fsp3) is 1.00. The molecule has 0 aromatic heterocycles. The summed E-state index contributed by atoms with van der Waals surface area (Å²) in [6.07, 6.45) is -4.12. The maximum atomic E-state index is 11.7. The van der Waals surface area contributed by atoms with E-state index in [4.69, 9.17) is 0 Å². The zero-order valence-corrected chi connectivity index (χ0v) is 6.21. The predicted octanol–water partition coefficient (Wildman–Crippen LogP) is 2.95. The van der Waals surface area contributed by atoms with Crippen molar-refractivity contribution in [2.75, 3.05) is 6.61 Å². The molecule has 74 valence electrons. The van der Waals surface area contributed by atoms with Crippen LogP contribution in [0.15, 0.2) is 0 Å². The Hall–Kier alpha value is -0.230. The third-order valence-electron chi connectivity index (χ3n) is 0.727. The van der Waals surface area contributed by atoms with Crippen molar-refractivity contribution < 1.29 is 35.0 Å². The van der Waals surface area contributed by atoms with Crippen LogP contribution in [0.2, 0.25) is 0 Å². The normalized spacial score (nSPS) is 13.9. The summed E-state index contributed by atoms with van der Waals surface area (Å²) in [5, 5.41) is 0. The van der Waals surface area contributed by atoms with E-state index in [0.717, 1.165) is 0 Å². The fourth-order valence-corrected chi connectivity index (χ4v) is 0.547. The average molecular weight is 216 g/mol. The molecular weight excluding hydrogens is 213 g/mol. The van der Waals surface area contributed by atoms with Crippen LogP contribution in [0.25, 0.3) is 0 Å². The second-order valence-corrected chi connectivity index (χ2v) is 2.84. The minimum absolute atomic E-state index is 2.26. The number of hydrogen-bond donors (Lipinski definition) is 0. The molecule has 0 fully saturated rings. The van der Waals surface area contributed by atoms with Gasteiger partial charge < -0.3 is 0 Å². The molecular formula is C3H3F6O2P. The first-order valence-electron chi connectivity index (χ1n) is 2.45. The maximum absolute atomic E-state index is 11.7. The van der Waals surface area contributed by atoms with Gasteiger partial charge in [0.1, 0.15) is 6.61 Å². The molecule has 0 radical (unpaired) electrons. The quantitative estimate of drug-likeness (QED) is 0.533. The van der Waals surface area contributed by atoms with Crippen LogP contribution in [-0.2, 0) is 9.09 Å². The minimum Gasteiger partial charge on any atom is -0.274 e. The van der Waals surface area contributed by atoms with E-state index >= 15 is 0 Å². The Morgan fingerprint density at radius 3 is 2.00 bits per heavy atom. The van der Waals surface area contributed by atoms with Crippen molar-refractivity contribution in [3.8, 4) is 0 Å². The number of hydrogen-bond acceptors (Lipinski definition) is 2. The smallest absolute Gasteiger partial charge is 0.274 e. The van der Waals surface area contributed by atoms with Gasteiger partial charge in [-0.2, -0.15) is 8.78 Å². The molecule has 0 rings (SSSR count). The molecule has 0 unspecified atom stereocenters. The van der Waals surface area contributed by atoms with E-state index < -0.39 is 26.9 Å². The summed E-state index contributed by atoms with van der Waals surface area (Å²) in [7, 11) is -6.12. The summed E-state index contributed by atoms with van der Waals surface area (Å²) < 4.78 is 80.6. The second-order valence-electron chi connectivity index (χ2n) is 1.75. The summed E-state index contributed by atoms with van der Waals surface area (Å²) in [5.41, 5.74) is 0. The highest BCUT2D eigenvalue weighted by molar-refractivity contribution is 7.47. The van der Waals surface area contributed by atoms with Gasteiger partial charge in [-0.1, -0.05) is 0 Å². The summed E-state index contributed by atoms with van der Waals surface area (Å²) in [5.74, 6) is -4.70. The van der Waals surface area contributed by atoms with Crippen LogP contribution in [0.1, 0.15) is 0 Å². The highest BCUT2D eigenvalue weighted by Crippen LogP contribution is 2.51. The highest BCUT2D eigenvalue weighted by Gasteiger charge is 2.43. The molecule has 2 nitrogen and oxygen atoms in total. The highest BCUT2D eigenvalue weighted by atomic mass is 31.2. The Kier molecular flexibility index (Phi) is 3.59. The molecule has 0 saturated heterocycles. The van der Waals surface area contributed by atoms with Gasteiger partial charge in [-0.3, -0.25) is 4.52 Å². The van der Waals surface area contributed by atoms with Crippen molar-refractivity contribution in [1.29, 1.82) is 0 Å². The van der Waals surface area contributed by atoms with E-state index in [9.17, 15) is 30.5 Å². The Bertz CT molecular complexity index is 187. The van der Waals surface area contributed by atoms with Crippen molar-refractivity contribution >= 4 is 7.99 Å². The Labute approximate surface area is 63.2 Å². The van der Waals surface area contributed by atoms with Gasteiger partial charge in [0.2, 0.25) is 0 Å². The molecule has 0 saturated carbocycles. The molecule has 0 heterocycles. The van der Waals surface area contributed by atoms with E-state index in [-0.39, 0.29) is 0 Å². The second kappa shape index (κ2) is 3.66. The van der Waals surface area contributed by atoms with Crippen molar-refractivity contribution in [1.82, 2.24) is 0 Å². The number of rotatable bonds is 4. The van der Waals surface area contributed by atoms with Gasteiger partial charge in [0, 0.05) is 0 Å². The Balaban J connectivity index is 4.01. The standard InChI is InChI=1S/C3H3F6O2P/c4-2(5)3(6,7)1-11-12(8,9)10/h2H,1H2. The monoisotopic (exact) mass is 216 g/mol. The van der Waals surface area contributed by atoms with E-state index in [0.29, 0.717) is 0 Å². The SMILES string of the molecule is O=P(F)(F)OCC(F)(F)C(F)F. The van der Waals surface area contributed by atoms with Crippen LogP contribution in [0.3, 0.4) is 0 Å². The molecule has 12 heavy (non-hydrogen) atoms. The van der Waals surface area contributed by atoms with Crippen molar-refractivity contribution in [3.05, 3.63) is 0 Å². The maximum Gasteiger partial charge on any atom is 0.552 e. The third-order valence-corrected chi connectivity index (χ3v) is 1.16. The van der Waals surface area contributed by atoms with Crippen LogP contribution in [0.5, 0.6) is 0 Å². The molecule has 9 heteroatoms. The van der Waals surface area contributed by atoms with Gasteiger partial charge in [0.15, 0.2) is 0 Å². The van der Waals surface area contributed by atoms with Crippen molar-refractivity contribution in [3.63, 3.8) is 0 Å². The first kappa shape index (κ1) is 11.8. The van der Waals surface area contributed by atoms with Gasteiger partial charge >= 0.3 is 20.3 Å². The lowest BCUT2D eigenvalue weighted by Crippen LogP contribution is -2.31. The molecule has 0 atom stereocenters. The summed E-state index contributed by atoms with van der Waals surface area (Å²) in [6, 6.07) is 0. The molecule has 0 amide bonds. The molecule has 0 aromatic carbocycles. The topological polar surface area (TPSA) is 26.3 Å². The zero-order chi connectivity index (χ0) is 9.99. The molecule has 0 aliphatic heterocycles. The molecule has 0 aliphatic carbocycles. The largest absolute Gasteiger partial charge is 0.552 e. The van der Waals surface area contributed by atoms with Crippen LogP contribution in [0, 0.1) is 0 Å². The lowest BCUT2D eigenvalue weighted by atomic mass is 10.4. The van der Waals surface area contributed by atoms with E-state index in [1.165, 1.54) is 0 Å². The number of alkyl halides is 4. The molecule has 0 aromatic rings. The molecule has 0 aliphatic rings. The zero-order valence-electron chi connectivity index (χ0n) is 5.32. The lowest BCUT2D eigenvalue weighted by molar-refractivity contribution is -0.149. The van der Waals surface area contributed by atoms with Crippen molar-refractivity contribution in [2.45, 2.75) is 12.3 Å². The minimum atomic E-state index is -6.12. The van der Waals surface area contributed by atoms with Gasteiger partial charge in [0.25, 0.3) is 0 Å². The van der Waals surface area contributed by atoms with Gasteiger partial charge in [-0.05, 0) is 0 Å². The summed E-state index contributed by atoms with van der Waals surface area (Å²) >= 11 is 0. The summed E-state index contributed by atoms with van der Waals surface area (Å²) in [4.78, 5) is 0. The van der Waals surface area contributed by atoms with Crippen molar-refractivity contribution in [2.24, 2.45) is 0 Å². The van der Waals surface area contributed by atoms with Gasteiger partial charge in [-0.25, -0.2) is 13.3 Å². The van der Waals surface area contributed by atoms with Crippen LogP contribution in [0.4, 0.5) is 26.0 Å². The average Bonchev–Trinajstić information content (AvgIpc) is 1.82. The molecule has 0 bridgehead atoms. The molecule has 0 spiro atoms. The van der Waals surface area contributed by atoms with Crippen LogP contribution >= 0.6 is 7.99 Å². The van der Waals surface area contributed by atoms with E-state index in [1.807, 2.05) is 0 Å². The predicted molar refractivity (Wildman–Crippen MR) is 26.7 cm³/mol. The fourth-order valence-electron chi connectivity index (χ4n) is 0.224. The Morgan fingerprint density at radius 2 is 1.75 bits per heavy atom. The first-order chi connectivity index (χ1) is 5.15. The number of halogens is 6. The van der Waals surface area contributed by atoms with Gasteiger partial charge in [-0.15, -0.1) is 8.39 Å². The third kappa shape index (κ3) is 4.61. The summed E-state index contributed by atoms with van der Waals surface area (Å²) in [6.45, 7) is -2.26.